The lowest BCUT2D eigenvalue weighted by Gasteiger charge is -2.33. The summed E-state index contributed by atoms with van der Waals surface area (Å²) in [6.07, 6.45) is 1.74. The van der Waals surface area contributed by atoms with Crippen LogP contribution in [-0.2, 0) is 9.59 Å². The minimum atomic E-state index is -0.791. The molecule has 1 aliphatic heterocycles. The number of methoxy groups -OCH3 is 1. The summed E-state index contributed by atoms with van der Waals surface area (Å²) >= 11 is 1.56. The number of hydrogen-bond donors (Lipinski definition) is 1. The average Bonchev–Trinajstić information content (AvgIpc) is 3.30. The molecule has 0 spiro atoms. The molecule has 0 fully saturated rings. The lowest BCUT2D eigenvalue weighted by molar-refractivity contribution is -0.125. The molecule has 8 nitrogen and oxygen atoms in total. The van der Waals surface area contributed by atoms with Gasteiger partial charge in [0.1, 0.15) is 22.5 Å². The van der Waals surface area contributed by atoms with Crippen LogP contribution in [-0.4, -0.2) is 41.5 Å². The van der Waals surface area contributed by atoms with Crippen molar-refractivity contribution in [1.29, 1.82) is 0 Å². The number of fused-ring (bicyclic) bond motifs is 1. The Morgan fingerprint density at radius 1 is 1.17 bits per heavy atom. The number of carbonyl (C=O) groups excluding carboxylic acids is 2. The van der Waals surface area contributed by atoms with E-state index in [0.29, 0.717) is 22.9 Å². The first-order valence-electron chi connectivity index (χ1n) is 11.4. The molecule has 0 saturated heterocycles. The SMILES string of the molecule is COc1ccccc1NC(=O)C(C)N1C(=O)COc2ccc(-c3nc(-c4ccccn4)sc3C)cc21. The molecular weight excluding hydrogens is 476 g/mol. The Hall–Kier alpha value is -4.24. The van der Waals surface area contributed by atoms with Crippen LogP contribution < -0.4 is 19.7 Å². The first-order chi connectivity index (χ1) is 17.5. The second kappa shape index (κ2) is 9.79. The molecule has 0 saturated carbocycles. The summed E-state index contributed by atoms with van der Waals surface area (Å²) in [6.45, 7) is 3.55. The van der Waals surface area contributed by atoms with Gasteiger partial charge < -0.3 is 14.8 Å². The average molecular weight is 501 g/mol. The number of nitrogens with zero attached hydrogens (tertiary/aromatic N) is 3. The molecule has 9 heteroatoms. The second-order valence-corrected chi connectivity index (χ2v) is 9.44. The highest BCUT2D eigenvalue weighted by atomic mass is 32.1. The Morgan fingerprint density at radius 2 is 1.97 bits per heavy atom. The molecule has 4 aromatic rings. The van der Waals surface area contributed by atoms with Crippen molar-refractivity contribution in [3.8, 4) is 33.5 Å². The second-order valence-electron chi connectivity index (χ2n) is 8.24. The smallest absolute Gasteiger partial charge is 0.265 e. The molecule has 0 radical (unpaired) electrons. The van der Waals surface area contributed by atoms with Crippen molar-refractivity contribution >= 4 is 34.5 Å². The van der Waals surface area contributed by atoms with Crippen molar-refractivity contribution in [3.63, 3.8) is 0 Å². The summed E-state index contributed by atoms with van der Waals surface area (Å²) in [5.41, 5.74) is 3.49. The summed E-state index contributed by atoms with van der Waals surface area (Å²) in [7, 11) is 1.54. The first kappa shape index (κ1) is 23.5. The van der Waals surface area contributed by atoms with Crippen molar-refractivity contribution in [2.45, 2.75) is 19.9 Å². The van der Waals surface area contributed by atoms with E-state index in [2.05, 4.69) is 10.3 Å². The third kappa shape index (κ3) is 4.40. The lowest BCUT2D eigenvalue weighted by atomic mass is 10.1. The van der Waals surface area contributed by atoms with Crippen molar-refractivity contribution in [2.75, 3.05) is 23.9 Å². The topological polar surface area (TPSA) is 93.7 Å². The zero-order chi connectivity index (χ0) is 25.2. The number of thiazole rings is 1. The van der Waals surface area contributed by atoms with E-state index in [1.54, 1.807) is 42.7 Å². The first-order valence-corrected chi connectivity index (χ1v) is 12.2. The zero-order valence-corrected chi connectivity index (χ0v) is 20.8. The number of amides is 2. The Morgan fingerprint density at radius 3 is 2.75 bits per heavy atom. The van der Waals surface area contributed by atoms with Crippen LogP contribution >= 0.6 is 11.3 Å². The molecule has 0 aliphatic carbocycles. The highest BCUT2D eigenvalue weighted by molar-refractivity contribution is 7.15. The number of nitrogens with one attached hydrogen (secondary N) is 1. The maximum Gasteiger partial charge on any atom is 0.265 e. The molecular formula is C27H24N4O4S. The third-order valence-electron chi connectivity index (χ3n) is 5.92. The van der Waals surface area contributed by atoms with E-state index in [1.165, 1.54) is 12.0 Å². The van der Waals surface area contributed by atoms with E-state index in [4.69, 9.17) is 14.5 Å². The largest absolute Gasteiger partial charge is 0.495 e. The summed E-state index contributed by atoms with van der Waals surface area (Å²) in [4.78, 5) is 37.9. The summed E-state index contributed by atoms with van der Waals surface area (Å²) in [6, 6.07) is 17.6. The van der Waals surface area contributed by atoms with E-state index in [9.17, 15) is 9.59 Å². The van der Waals surface area contributed by atoms with Crippen LogP contribution in [0.15, 0.2) is 66.9 Å². The van der Waals surface area contributed by atoms with Gasteiger partial charge in [-0.15, -0.1) is 11.3 Å². The monoisotopic (exact) mass is 500 g/mol. The highest BCUT2D eigenvalue weighted by Crippen LogP contribution is 2.40. The fourth-order valence-electron chi connectivity index (χ4n) is 4.11. The quantitative estimate of drug-likeness (QED) is 0.403. The molecule has 1 atom stereocenters. The van der Waals surface area contributed by atoms with Crippen molar-refractivity contribution in [1.82, 2.24) is 9.97 Å². The van der Waals surface area contributed by atoms with Crippen LogP contribution in [0.1, 0.15) is 11.8 Å². The number of para-hydroxylation sites is 2. The molecule has 1 aliphatic rings. The van der Waals surface area contributed by atoms with Crippen LogP contribution in [0.4, 0.5) is 11.4 Å². The van der Waals surface area contributed by atoms with Gasteiger partial charge in [-0.05, 0) is 56.3 Å². The van der Waals surface area contributed by atoms with Gasteiger partial charge in [0, 0.05) is 16.6 Å². The van der Waals surface area contributed by atoms with Crippen molar-refractivity contribution < 1.29 is 19.1 Å². The number of pyridine rings is 1. The maximum atomic E-state index is 13.2. The Bertz CT molecular complexity index is 1440. The molecule has 5 rings (SSSR count). The van der Waals surface area contributed by atoms with E-state index in [0.717, 1.165) is 26.8 Å². The van der Waals surface area contributed by atoms with E-state index >= 15 is 0 Å². The number of carbonyl (C=O) groups is 2. The van der Waals surface area contributed by atoms with E-state index in [-0.39, 0.29) is 18.4 Å². The summed E-state index contributed by atoms with van der Waals surface area (Å²) in [5, 5.41) is 3.68. The van der Waals surface area contributed by atoms with Crippen LogP contribution in [0.2, 0.25) is 0 Å². The predicted molar refractivity (Wildman–Crippen MR) is 140 cm³/mol. The summed E-state index contributed by atoms with van der Waals surface area (Å²) < 4.78 is 11.0. The van der Waals surface area contributed by atoms with E-state index in [1.807, 2.05) is 49.4 Å². The molecule has 1 unspecified atom stereocenters. The van der Waals surface area contributed by atoms with Gasteiger partial charge >= 0.3 is 0 Å². The molecule has 0 bridgehead atoms. The van der Waals surface area contributed by atoms with Gasteiger partial charge in [-0.2, -0.15) is 0 Å². The van der Waals surface area contributed by atoms with Crippen molar-refractivity contribution in [3.05, 3.63) is 71.7 Å². The number of benzene rings is 2. The molecule has 182 valence electrons. The maximum absolute atomic E-state index is 13.2. The molecule has 36 heavy (non-hydrogen) atoms. The normalized spacial score (nSPS) is 13.5. The lowest BCUT2D eigenvalue weighted by Crippen LogP contribution is -2.49. The Kier molecular flexibility index (Phi) is 6.39. The van der Waals surface area contributed by atoms with Gasteiger partial charge in [-0.25, -0.2) is 4.98 Å². The number of hydrogen-bond acceptors (Lipinski definition) is 7. The predicted octanol–water partition coefficient (Wildman–Crippen LogP) is 4.94. The number of anilines is 2. The standard InChI is InChI=1S/C27H24N4O4S/c1-16(26(33)29-19-8-4-5-10-22(19)34-3)31-21-14-18(11-12-23(21)35-15-24(31)32)25-17(2)36-27(30-25)20-9-6-7-13-28-20/h4-14,16H,15H2,1-3H3,(H,29,33). The van der Waals surface area contributed by atoms with Crippen LogP contribution in [0.3, 0.4) is 0 Å². The molecule has 2 amide bonds. The van der Waals surface area contributed by atoms with Crippen molar-refractivity contribution in [2.24, 2.45) is 0 Å². The van der Waals surface area contributed by atoms with E-state index < -0.39 is 6.04 Å². The molecule has 1 N–H and O–H groups in total. The molecule has 3 heterocycles. The zero-order valence-electron chi connectivity index (χ0n) is 20.0. The number of rotatable bonds is 6. The minimum absolute atomic E-state index is 0.141. The molecule has 2 aromatic carbocycles. The highest BCUT2D eigenvalue weighted by Gasteiger charge is 2.34. The number of aromatic nitrogens is 2. The van der Waals surface area contributed by atoms with Crippen LogP contribution in [0, 0.1) is 6.92 Å². The number of aryl methyl sites for hydroxylation is 1. The third-order valence-corrected chi connectivity index (χ3v) is 6.92. The minimum Gasteiger partial charge on any atom is -0.495 e. The Balaban J connectivity index is 1.47. The fraction of sp³-hybridized carbons (Fsp3) is 0.185. The van der Waals surface area contributed by atoms with Gasteiger partial charge in [0.05, 0.1) is 29.9 Å². The van der Waals surface area contributed by atoms with Gasteiger partial charge in [0.2, 0.25) is 5.91 Å². The number of ether oxygens (including phenoxy) is 2. The van der Waals surface area contributed by atoms with Gasteiger partial charge in [0.25, 0.3) is 5.91 Å². The van der Waals surface area contributed by atoms with Gasteiger partial charge in [-0.3, -0.25) is 19.5 Å². The van der Waals surface area contributed by atoms with Crippen LogP contribution in [0.5, 0.6) is 11.5 Å². The fourth-order valence-corrected chi connectivity index (χ4v) is 5.02. The Labute approximate surface area is 212 Å². The van der Waals surface area contributed by atoms with Crippen LogP contribution in [0.25, 0.3) is 22.0 Å². The molecule has 2 aromatic heterocycles. The summed E-state index contributed by atoms with van der Waals surface area (Å²) in [5.74, 6) is 0.435. The van der Waals surface area contributed by atoms with Gasteiger partial charge in [0.15, 0.2) is 6.61 Å². The van der Waals surface area contributed by atoms with Gasteiger partial charge in [-0.1, -0.05) is 18.2 Å².